The number of nitrogens with zero attached hydrogens (tertiary/aromatic N) is 2. The minimum absolute atomic E-state index is 0.00802. The van der Waals surface area contributed by atoms with Crippen LogP contribution in [0.5, 0.6) is 0 Å². The Balaban J connectivity index is 1.13. The molecule has 0 unspecified atom stereocenters. The van der Waals surface area contributed by atoms with Crippen LogP contribution in [-0.4, -0.2) is 55.1 Å². The van der Waals surface area contributed by atoms with E-state index in [0.717, 1.165) is 29.9 Å². The van der Waals surface area contributed by atoms with Crippen molar-refractivity contribution < 1.29 is 14.0 Å². The van der Waals surface area contributed by atoms with Crippen molar-refractivity contribution in [2.24, 2.45) is 0 Å². The molecular formula is C28H29FN4O2. The van der Waals surface area contributed by atoms with E-state index >= 15 is 0 Å². The Bertz CT molecular complexity index is 1190. The maximum Gasteiger partial charge on any atom is 0.251 e. The molecule has 0 atom stereocenters. The van der Waals surface area contributed by atoms with E-state index in [1.807, 2.05) is 65.6 Å². The molecule has 2 amide bonds. The molecule has 35 heavy (non-hydrogen) atoms. The molecule has 7 heteroatoms. The average molecular weight is 473 g/mol. The number of carbonyl (C=O) groups is 2. The summed E-state index contributed by atoms with van der Waals surface area (Å²) in [5.41, 5.74) is 2.91. The molecule has 2 saturated heterocycles. The number of anilines is 1. The highest BCUT2D eigenvalue weighted by atomic mass is 19.1. The molecule has 2 heterocycles. The zero-order valence-electron chi connectivity index (χ0n) is 19.5. The summed E-state index contributed by atoms with van der Waals surface area (Å²) < 4.78 is 13.8. The molecular weight excluding hydrogens is 443 g/mol. The first kappa shape index (κ1) is 23.1. The lowest BCUT2D eigenvalue weighted by Crippen LogP contribution is -2.57. The van der Waals surface area contributed by atoms with Gasteiger partial charge in [0, 0.05) is 37.4 Å². The lowest BCUT2D eigenvalue weighted by atomic mass is 9.85. The number of amides is 2. The normalized spacial score (nSPS) is 17.4. The molecule has 2 N–H and O–H groups in total. The van der Waals surface area contributed by atoms with Gasteiger partial charge in [-0.2, -0.15) is 0 Å². The minimum Gasteiger partial charge on any atom is -0.351 e. The van der Waals surface area contributed by atoms with Gasteiger partial charge in [0.15, 0.2) is 0 Å². The van der Waals surface area contributed by atoms with Crippen molar-refractivity contribution in [1.82, 2.24) is 15.5 Å². The van der Waals surface area contributed by atoms with Crippen LogP contribution >= 0.6 is 0 Å². The van der Waals surface area contributed by atoms with Gasteiger partial charge in [-0.15, -0.1) is 0 Å². The van der Waals surface area contributed by atoms with Crippen LogP contribution in [0.4, 0.5) is 10.1 Å². The molecule has 180 valence electrons. The number of hydrogen-bond donors (Lipinski definition) is 2. The van der Waals surface area contributed by atoms with Gasteiger partial charge in [0.05, 0.1) is 6.67 Å². The van der Waals surface area contributed by atoms with Crippen molar-refractivity contribution in [3.05, 3.63) is 90.2 Å². The summed E-state index contributed by atoms with van der Waals surface area (Å²) in [6, 6.07) is 24.1. The van der Waals surface area contributed by atoms with Gasteiger partial charge in [0.25, 0.3) is 5.91 Å². The van der Waals surface area contributed by atoms with Crippen LogP contribution in [0.2, 0.25) is 0 Å². The zero-order chi connectivity index (χ0) is 24.3. The van der Waals surface area contributed by atoms with Gasteiger partial charge in [0.2, 0.25) is 5.91 Å². The molecule has 0 saturated carbocycles. The van der Waals surface area contributed by atoms with E-state index in [0.29, 0.717) is 38.2 Å². The maximum atomic E-state index is 13.8. The predicted molar refractivity (Wildman–Crippen MR) is 135 cm³/mol. The Morgan fingerprint density at radius 1 is 0.943 bits per heavy atom. The summed E-state index contributed by atoms with van der Waals surface area (Å²) in [7, 11) is 0. The largest absolute Gasteiger partial charge is 0.351 e. The van der Waals surface area contributed by atoms with Crippen LogP contribution in [-0.2, 0) is 4.79 Å². The minimum atomic E-state index is -0.645. The summed E-state index contributed by atoms with van der Waals surface area (Å²) in [5.74, 6) is -0.390. The van der Waals surface area contributed by atoms with Gasteiger partial charge >= 0.3 is 0 Å². The summed E-state index contributed by atoms with van der Waals surface area (Å²) in [6.07, 6.45) is 1.31. The SMILES string of the molecule is O=C(NCCN1CCC2(CC1)C(=O)NCN2c1cccc(F)c1)c1ccc(-c2ccccc2)cc1. The van der Waals surface area contributed by atoms with E-state index in [4.69, 9.17) is 0 Å². The molecule has 6 nitrogen and oxygen atoms in total. The maximum absolute atomic E-state index is 13.8. The van der Waals surface area contributed by atoms with E-state index in [9.17, 15) is 14.0 Å². The highest BCUT2D eigenvalue weighted by Gasteiger charge is 2.50. The summed E-state index contributed by atoms with van der Waals surface area (Å²) in [6.45, 7) is 3.11. The predicted octanol–water partition coefficient (Wildman–Crippen LogP) is 3.65. The van der Waals surface area contributed by atoms with Crippen LogP contribution < -0.4 is 15.5 Å². The lowest BCUT2D eigenvalue weighted by molar-refractivity contribution is -0.125. The molecule has 2 aliphatic rings. The third kappa shape index (κ3) is 4.77. The molecule has 0 aromatic heterocycles. The van der Waals surface area contributed by atoms with E-state index < -0.39 is 5.54 Å². The van der Waals surface area contributed by atoms with Crippen molar-refractivity contribution in [2.75, 3.05) is 37.7 Å². The van der Waals surface area contributed by atoms with Crippen molar-refractivity contribution in [3.63, 3.8) is 0 Å². The fourth-order valence-electron chi connectivity index (χ4n) is 5.09. The Hall–Kier alpha value is -3.71. The number of halogens is 1. The topological polar surface area (TPSA) is 64.7 Å². The summed E-state index contributed by atoms with van der Waals surface area (Å²) in [4.78, 5) is 29.6. The van der Waals surface area contributed by atoms with Crippen molar-refractivity contribution in [2.45, 2.75) is 18.4 Å². The van der Waals surface area contributed by atoms with Crippen LogP contribution in [0.15, 0.2) is 78.9 Å². The highest BCUT2D eigenvalue weighted by Crippen LogP contribution is 2.36. The van der Waals surface area contributed by atoms with Crippen LogP contribution in [0.3, 0.4) is 0 Å². The third-order valence-corrected chi connectivity index (χ3v) is 7.11. The van der Waals surface area contributed by atoms with Crippen LogP contribution in [0.1, 0.15) is 23.2 Å². The second kappa shape index (κ2) is 9.88. The van der Waals surface area contributed by atoms with E-state index in [1.54, 1.807) is 6.07 Å². The molecule has 2 aliphatic heterocycles. The first-order valence-electron chi connectivity index (χ1n) is 12.0. The first-order valence-corrected chi connectivity index (χ1v) is 12.0. The van der Waals surface area contributed by atoms with Gasteiger partial charge in [0.1, 0.15) is 11.4 Å². The fourth-order valence-corrected chi connectivity index (χ4v) is 5.09. The Morgan fingerprint density at radius 3 is 2.37 bits per heavy atom. The number of hydrogen-bond acceptors (Lipinski definition) is 4. The molecule has 2 fully saturated rings. The highest BCUT2D eigenvalue weighted by molar-refractivity contribution is 5.95. The number of piperidine rings is 1. The molecule has 0 radical (unpaired) electrons. The zero-order valence-corrected chi connectivity index (χ0v) is 19.5. The van der Waals surface area contributed by atoms with Crippen molar-refractivity contribution in [3.8, 4) is 11.1 Å². The van der Waals surface area contributed by atoms with Crippen molar-refractivity contribution in [1.29, 1.82) is 0 Å². The fraction of sp³-hybridized carbons (Fsp3) is 0.286. The standard InChI is InChI=1S/C28H29FN4O2/c29-24-7-4-8-25(19-24)33-20-31-27(35)28(33)13-16-32(17-14-28)18-15-30-26(34)23-11-9-22(10-12-23)21-5-2-1-3-6-21/h1-12,19H,13-18,20H2,(H,30,34)(H,31,35). The van der Waals surface area contributed by atoms with E-state index in [1.165, 1.54) is 12.1 Å². The van der Waals surface area contributed by atoms with Gasteiger partial charge in [-0.3, -0.25) is 9.59 Å². The lowest BCUT2D eigenvalue weighted by Gasteiger charge is -2.43. The molecule has 0 bridgehead atoms. The summed E-state index contributed by atoms with van der Waals surface area (Å²) >= 11 is 0. The Kier molecular flexibility index (Phi) is 6.51. The van der Waals surface area contributed by atoms with Crippen molar-refractivity contribution >= 4 is 17.5 Å². The average Bonchev–Trinajstić information content (AvgIpc) is 3.21. The Morgan fingerprint density at radius 2 is 1.66 bits per heavy atom. The Labute approximate surface area is 204 Å². The van der Waals surface area contributed by atoms with Crippen LogP contribution in [0.25, 0.3) is 11.1 Å². The number of nitrogens with one attached hydrogen (secondary N) is 2. The van der Waals surface area contributed by atoms with Gasteiger partial charge in [-0.25, -0.2) is 4.39 Å². The molecule has 1 spiro atoms. The quantitative estimate of drug-likeness (QED) is 0.575. The monoisotopic (exact) mass is 472 g/mol. The molecule has 3 aromatic rings. The molecule has 0 aliphatic carbocycles. The molecule has 3 aromatic carbocycles. The van der Waals surface area contributed by atoms with E-state index in [2.05, 4.69) is 15.5 Å². The van der Waals surface area contributed by atoms with Gasteiger partial charge in [-0.1, -0.05) is 48.5 Å². The molecule has 5 rings (SSSR count). The second-order valence-electron chi connectivity index (χ2n) is 9.14. The number of carbonyl (C=O) groups excluding carboxylic acids is 2. The number of likely N-dealkylation sites (tertiary alicyclic amines) is 1. The van der Waals surface area contributed by atoms with Crippen LogP contribution in [0, 0.1) is 5.82 Å². The first-order chi connectivity index (χ1) is 17.0. The van der Waals surface area contributed by atoms with Gasteiger partial charge < -0.3 is 20.4 Å². The number of rotatable bonds is 6. The summed E-state index contributed by atoms with van der Waals surface area (Å²) in [5, 5.41) is 5.95. The smallest absolute Gasteiger partial charge is 0.251 e. The van der Waals surface area contributed by atoms with Gasteiger partial charge in [-0.05, 0) is 54.3 Å². The second-order valence-corrected chi connectivity index (χ2v) is 9.14. The number of benzene rings is 3. The van der Waals surface area contributed by atoms with E-state index in [-0.39, 0.29) is 17.6 Å². The third-order valence-electron chi connectivity index (χ3n) is 7.11.